The number of sulfonamides is 1. The number of carbonyl (C=O) groups is 1. The van der Waals surface area contributed by atoms with E-state index in [9.17, 15) is 17.2 Å². The van der Waals surface area contributed by atoms with Gasteiger partial charge in [0.25, 0.3) is 16.5 Å². The molecule has 41 heavy (non-hydrogen) atoms. The van der Waals surface area contributed by atoms with Crippen LogP contribution < -0.4 is 14.8 Å². The van der Waals surface area contributed by atoms with E-state index in [1.54, 1.807) is 12.1 Å². The Balaban J connectivity index is 0.00000147. The molecular formula is C26H29ClF3N5O5S. The first-order valence-corrected chi connectivity index (χ1v) is 14.1. The van der Waals surface area contributed by atoms with Gasteiger partial charge in [0.2, 0.25) is 0 Å². The van der Waals surface area contributed by atoms with Gasteiger partial charge in [0.1, 0.15) is 28.6 Å². The molecule has 1 aromatic heterocycles. The van der Waals surface area contributed by atoms with Gasteiger partial charge >= 0.3 is 6.61 Å². The van der Waals surface area contributed by atoms with Gasteiger partial charge in [0.05, 0.1) is 10.7 Å². The van der Waals surface area contributed by atoms with Crippen LogP contribution in [0.4, 0.5) is 24.7 Å². The van der Waals surface area contributed by atoms with Gasteiger partial charge in [-0.3, -0.25) is 9.52 Å². The standard InChI is InChI=1S/C25H27ClF3N5O3S.CH2O2/c1-34(2)22-11-16(15-4-3-5-17(10-15)37-25(28)29)6-7-20(22)32-21-13-19(27)23(12-18(21)26)38(35,36)33-24-8-9-30-14-31-24;2-1-3/h3-5,8-10,12-14,16,20,22,25,32H,6-7,11H2,1-2H3,(H,30,31,33);1H,(H,2,3)/t16-,20-,22-;/m0./s1. The molecule has 0 spiro atoms. The summed E-state index contributed by atoms with van der Waals surface area (Å²) >= 11 is 6.40. The zero-order chi connectivity index (χ0) is 30.2. The molecule has 0 radical (unpaired) electrons. The van der Waals surface area contributed by atoms with Gasteiger partial charge in [-0.15, -0.1) is 0 Å². The van der Waals surface area contributed by atoms with Crippen molar-refractivity contribution in [3.05, 3.63) is 71.4 Å². The van der Waals surface area contributed by atoms with Gasteiger partial charge in [-0.2, -0.15) is 8.78 Å². The van der Waals surface area contributed by atoms with Gasteiger partial charge in [0, 0.05) is 18.3 Å². The number of alkyl halides is 2. The number of nitrogens with one attached hydrogen (secondary N) is 2. The second-order valence-electron chi connectivity index (χ2n) is 9.31. The molecule has 3 atom stereocenters. The molecule has 222 valence electrons. The number of rotatable bonds is 9. The average molecular weight is 616 g/mol. The maximum absolute atomic E-state index is 15.0. The first-order chi connectivity index (χ1) is 19.4. The third-order valence-electron chi connectivity index (χ3n) is 6.51. The van der Waals surface area contributed by atoms with Crippen LogP contribution in [0.15, 0.2) is 59.9 Å². The van der Waals surface area contributed by atoms with Crippen LogP contribution in [0.3, 0.4) is 0 Å². The Labute approximate surface area is 240 Å². The number of ether oxygens (including phenoxy) is 1. The van der Waals surface area contributed by atoms with Crippen molar-refractivity contribution in [2.75, 3.05) is 24.1 Å². The lowest BCUT2D eigenvalue weighted by molar-refractivity contribution is -0.122. The lowest BCUT2D eigenvalue weighted by atomic mass is 9.78. The maximum atomic E-state index is 15.0. The summed E-state index contributed by atoms with van der Waals surface area (Å²) in [6.07, 6.45) is 4.65. The normalized spacial score (nSPS) is 18.8. The second kappa shape index (κ2) is 14.3. The molecular weight excluding hydrogens is 587 g/mol. The van der Waals surface area contributed by atoms with Crippen LogP contribution in [0.25, 0.3) is 0 Å². The monoisotopic (exact) mass is 615 g/mol. The van der Waals surface area contributed by atoms with Gasteiger partial charge in [0.15, 0.2) is 0 Å². The average Bonchev–Trinajstić information content (AvgIpc) is 2.91. The first-order valence-electron chi connectivity index (χ1n) is 12.3. The molecule has 2 aromatic carbocycles. The minimum atomic E-state index is -4.28. The lowest BCUT2D eigenvalue weighted by Gasteiger charge is -2.41. The highest BCUT2D eigenvalue weighted by Gasteiger charge is 2.33. The number of aromatic nitrogens is 2. The van der Waals surface area contributed by atoms with Crippen molar-refractivity contribution in [3.63, 3.8) is 0 Å². The van der Waals surface area contributed by atoms with Crippen LogP contribution in [-0.2, 0) is 14.8 Å². The van der Waals surface area contributed by atoms with Crippen LogP contribution in [0, 0.1) is 5.82 Å². The van der Waals surface area contributed by atoms with Crippen molar-refractivity contribution >= 4 is 39.6 Å². The van der Waals surface area contributed by atoms with Crippen molar-refractivity contribution in [3.8, 4) is 5.75 Å². The van der Waals surface area contributed by atoms with E-state index in [2.05, 4.69) is 24.7 Å². The molecule has 0 amide bonds. The van der Waals surface area contributed by atoms with Crippen molar-refractivity contribution in [2.24, 2.45) is 0 Å². The number of halogens is 4. The fourth-order valence-electron chi connectivity index (χ4n) is 4.72. The highest BCUT2D eigenvalue weighted by molar-refractivity contribution is 7.92. The predicted molar refractivity (Wildman–Crippen MR) is 147 cm³/mol. The summed E-state index contributed by atoms with van der Waals surface area (Å²) in [6, 6.07) is 10.1. The van der Waals surface area contributed by atoms with Crippen molar-refractivity contribution in [1.29, 1.82) is 0 Å². The summed E-state index contributed by atoms with van der Waals surface area (Å²) in [5.41, 5.74) is 1.18. The third-order valence-corrected chi connectivity index (χ3v) is 8.19. The minimum Gasteiger partial charge on any atom is -0.483 e. The summed E-state index contributed by atoms with van der Waals surface area (Å²) in [5, 5.41) is 10.2. The van der Waals surface area contributed by atoms with Crippen molar-refractivity contribution in [2.45, 2.75) is 48.8 Å². The van der Waals surface area contributed by atoms with Gasteiger partial charge < -0.3 is 20.1 Å². The van der Waals surface area contributed by atoms with Crippen LogP contribution >= 0.6 is 11.6 Å². The molecule has 0 unspecified atom stereocenters. The summed E-state index contributed by atoms with van der Waals surface area (Å²) in [7, 11) is -0.432. The Morgan fingerprint density at radius 2 is 1.93 bits per heavy atom. The second-order valence-corrected chi connectivity index (χ2v) is 11.4. The van der Waals surface area contributed by atoms with Crippen LogP contribution in [0.5, 0.6) is 5.75 Å². The smallest absolute Gasteiger partial charge is 0.387 e. The van der Waals surface area contributed by atoms with E-state index in [0.29, 0.717) is 12.8 Å². The fraction of sp³-hybridized carbons (Fsp3) is 0.346. The Bertz CT molecular complexity index is 1420. The highest BCUT2D eigenvalue weighted by Crippen LogP contribution is 2.38. The van der Waals surface area contributed by atoms with Gasteiger partial charge in [-0.05, 0) is 75.2 Å². The number of carboxylic acid groups (broad SMARTS) is 1. The van der Waals surface area contributed by atoms with E-state index in [1.165, 1.54) is 18.3 Å². The number of hydrogen-bond donors (Lipinski definition) is 3. The van der Waals surface area contributed by atoms with E-state index in [1.807, 2.05) is 25.1 Å². The minimum absolute atomic E-state index is 0.00427. The molecule has 0 aliphatic heterocycles. The summed E-state index contributed by atoms with van der Waals surface area (Å²) < 4.78 is 72.5. The highest BCUT2D eigenvalue weighted by atomic mass is 35.5. The van der Waals surface area contributed by atoms with Crippen molar-refractivity contribution in [1.82, 2.24) is 14.9 Å². The van der Waals surface area contributed by atoms with E-state index < -0.39 is 27.3 Å². The number of benzene rings is 2. The number of nitrogens with zero attached hydrogens (tertiary/aromatic N) is 3. The molecule has 1 aliphatic carbocycles. The van der Waals surface area contributed by atoms with E-state index in [0.717, 1.165) is 30.4 Å². The van der Waals surface area contributed by atoms with E-state index in [4.69, 9.17) is 21.5 Å². The number of hydrogen-bond acceptors (Lipinski definition) is 8. The van der Waals surface area contributed by atoms with Crippen LogP contribution in [0.2, 0.25) is 5.02 Å². The molecule has 1 heterocycles. The molecule has 0 saturated heterocycles. The van der Waals surface area contributed by atoms with Crippen LogP contribution in [0.1, 0.15) is 30.7 Å². The lowest BCUT2D eigenvalue weighted by Crippen LogP contribution is -2.47. The quantitative estimate of drug-likeness (QED) is 0.283. The molecule has 3 aromatic rings. The van der Waals surface area contributed by atoms with Crippen molar-refractivity contribution < 1.29 is 36.2 Å². The number of anilines is 2. The van der Waals surface area contributed by atoms with Crippen LogP contribution in [-0.4, -0.2) is 67.7 Å². The topological polar surface area (TPSA) is 134 Å². The largest absolute Gasteiger partial charge is 0.483 e. The Hall–Kier alpha value is -3.62. The third kappa shape index (κ3) is 8.68. The zero-order valence-electron chi connectivity index (χ0n) is 22.0. The maximum Gasteiger partial charge on any atom is 0.387 e. The molecule has 1 saturated carbocycles. The molecule has 10 nitrogen and oxygen atoms in total. The SMILES string of the molecule is CN(C)[C@H]1C[C@@H](c2cccc(OC(F)F)c2)CC[C@@H]1Nc1cc(F)c(S(=O)(=O)Nc2ccncn2)cc1Cl.O=CO. The Morgan fingerprint density at radius 3 is 2.56 bits per heavy atom. The molecule has 4 rings (SSSR count). The van der Waals surface area contributed by atoms with Gasteiger partial charge in [-0.1, -0.05) is 23.7 Å². The summed E-state index contributed by atoms with van der Waals surface area (Å²) in [6.45, 7) is -3.14. The van der Waals surface area contributed by atoms with E-state index >= 15 is 4.39 Å². The molecule has 3 N–H and O–H groups in total. The molecule has 0 bridgehead atoms. The number of likely N-dealkylation sites (N-methyl/N-ethyl adjacent to an activating group) is 1. The molecule has 15 heteroatoms. The molecule has 1 fully saturated rings. The predicted octanol–water partition coefficient (Wildman–Crippen LogP) is 5.05. The first kappa shape index (κ1) is 31.9. The fourth-order valence-corrected chi connectivity index (χ4v) is 6.10. The summed E-state index contributed by atoms with van der Waals surface area (Å²) in [4.78, 5) is 17.3. The zero-order valence-corrected chi connectivity index (χ0v) is 23.6. The van der Waals surface area contributed by atoms with E-state index in [-0.39, 0.29) is 46.8 Å². The Morgan fingerprint density at radius 1 is 1.20 bits per heavy atom. The Kier molecular flexibility index (Phi) is 11.1. The summed E-state index contributed by atoms with van der Waals surface area (Å²) in [5.74, 6) is -0.751. The van der Waals surface area contributed by atoms with Gasteiger partial charge in [-0.25, -0.2) is 22.8 Å². The molecule has 1 aliphatic rings.